The van der Waals surface area contributed by atoms with E-state index in [0.29, 0.717) is 13.1 Å². The number of carbonyl (C=O) groups is 4. The summed E-state index contributed by atoms with van der Waals surface area (Å²) in [5, 5.41) is 22.0. The number of aromatic nitrogens is 2. The van der Waals surface area contributed by atoms with E-state index in [1.807, 2.05) is 48.5 Å². The molecule has 5 N–H and O–H groups in total. The van der Waals surface area contributed by atoms with Gasteiger partial charge in [0.2, 0.25) is 11.8 Å². The molecule has 2 atom stereocenters. The van der Waals surface area contributed by atoms with Crippen LogP contribution in [0, 0.1) is 0 Å². The molecular weight excluding hydrogens is 571 g/mol. The number of aromatic amines is 2. The minimum absolute atomic E-state index is 0. The molecule has 1 fully saturated rings. The number of para-hydroxylation sites is 2. The van der Waals surface area contributed by atoms with Gasteiger partial charge in [0.25, 0.3) is 0 Å². The topological polar surface area (TPSA) is 162 Å². The number of hydrogen-bond donors (Lipinski definition) is 5. The van der Waals surface area contributed by atoms with Crippen molar-refractivity contribution < 1.29 is 53.8 Å². The number of benzene rings is 2. The first-order valence-corrected chi connectivity index (χ1v) is 14.8. The Hall–Kier alpha value is -3.80. The Labute approximate surface area is 277 Å². The number of carbonyl (C=O) groups excluding carboxylic acids is 4. The Bertz CT molecular complexity index is 1590. The van der Waals surface area contributed by atoms with E-state index in [1.165, 1.54) is 0 Å². The number of amides is 4. The Morgan fingerprint density at radius 1 is 0.773 bits per heavy atom. The van der Waals surface area contributed by atoms with Crippen LogP contribution < -0.4 is 50.6 Å². The van der Waals surface area contributed by atoms with Gasteiger partial charge in [-0.15, -0.1) is 0 Å². The summed E-state index contributed by atoms with van der Waals surface area (Å²) in [4.78, 5) is 59.3. The van der Waals surface area contributed by atoms with Gasteiger partial charge in [-0.05, 0) is 36.1 Å². The zero-order chi connectivity index (χ0) is 30.2. The van der Waals surface area contributed by atoms with Crippen LogP contribution in [0.1, 0.15) is 43.2 Å². The standard InChI is InChI=1S/C32H38N6O5.Na/c39-29(13-14-33-32(43)38-15-7-1-2-8-16-38)36-27(17-21-19-34-25-11-5-3-9-23(21)25)30(40)37-28(31(41)42)18-22-20-35-26-12-6-4-10-24(22)26;/h3-6,9-12,19-20,27-28,34-35H,1-2,7-8,13-18H2,(H,33,43)(H,36,39)(H,37,40)(H,41,42);/q;+1/p-1/t27-,28-;/m1./s1. The number of hydrogen-bond acceptors (Lipinski definition) is 5. The van der Waals surface area contributed by atoms with Gasteiger partial charge in [0.05, 0.1) is 12.0 Å². The predicted octanol–water partition coefficient (Wildman–Crippen LogP) is -0.866. The Morgan fingerprint density at radius 3 is 1.89 bits per heavy atom. The molecule has 0 aliphatic carbocycles. The molecule has 0 spiro atoms. The molecule has 44 heavy (non-hydrogen) atoms. The van der Waals surface area contributed by atoms with Crippen LogP contribution in [0.2, 0.25) is 0 Å². The Kier molecular flexibility index (Phi) is 11.9. The number of fused-ring (bicyclic) bond motifs is 2. The zero-order valence-corrected chi connectivity index (χ0v) is 27.0. The number of H-pyrrole nitrogens is 2. The van der Waals surface area contributed by atoms with E-state index >= 15 is 0 Å². The van der Waals surface area contributed by atoms with Crippen LogP contribution in [0.5, 0.6) is 0 Å². The molecule has 1 aliphatic heterocycles. The van der Waals surface area contributed by atoms with Crippen LogP contribution >= 0.6 is 0 Å². The van der Waals surface area contributed by atoms with Gasteiger partial charge in [-0.1, -0.05) is 49.2 Å². The molecule has 0 saturated carbocycles. The second-order valence-corrected chi connectivity index (χ2v) is 11.0. The number of likely N-dealkylation sites (tertiary alicyclic amines) is 1. The predicted molar refractivity (Wildman–Crippen MR) is 161 cm³/mol. The third kappa shape index (κ3) is 8.43. The fourth-order valence-electron chi connectivity index (χ4n) is 5.65. The fraction of sp³-hybridized carbons (Fsp3) is 0.375. The van der Waals surface area contributed by atoms with Crippen molar-refractivity contribution in [2.24, 2.45) is 0 Å². The van der Waals surface area contributed by atoms with E-state index in [1.54, 1.807) is 17.3 Å². The SMILES string of the molecule is O=C(CCNC(=O)N1CCCCCC1)N[C@H](Cc1c[nH]c2ccccc12)C(=O)N[C@H](Cc1c[nH]c2ccccc12)C(=O)[O-].[Na+]. The summed E-state index contributed by atoms with van der Waals surface area (Å²) >= 11 is 0. The average Bonchev–Trinajstić information content (AvgIpc) is 3.49. The van der Waals surface area contributed by atoms with E-state index in [4.69, 9.17) is 0 Å². The molecule has 11 nitrogen and oxygen atoms in total. The second-order valence-electron chi connectivity index (χ2n) is 11.0. The Morgan fingerprint density at radius 2 is 1.32 bits per heavy atom. The van der Waals surface area contributed by atoms with Gasteiger partial charge in [0.15, 0.2) is 0 Å². The van der Waals surface area contributed by atoms with Crippen molar-refractivity contribution in [2.75, 3.05) is 19.6 Å². The van der Waals surface area contributed by atoms with Crippen LogP contribution in [0.15, 0.2) is 60.9 Å². The molecule has 5 rings (SSSR count). The maximum atomic E-state index is 13.6. The number of carboxylic acids is 1. The molecule has 4 amide bonds. The van der Waals surface area contributed by atoms with Crippen LogP contribution in [0.4, 0.5) is 4.79 Å². The van der Waals surface area contributed by atoms with E-state index in [0.717, 1.165) is 58.6 Å². The number of rotatable bonds is 11. The molecule has 2 aromatic heterocycles. The zero-order valence-electron chi connectivity index (χ0n) is 25.0. The molecule has 2 aromatic carbocycles. The normalized spacial score (nSPS) is 14.7. The van der Waals surface area contributed by atoms with E-state index < -0.39 is 29.9 Å². The molecule has 0 bridgehead atoms. The molecule has 12 heteroatoms. The summed E-state index contributed by atoms with van der Waals surface area (Å²) in [6.07, 6.45) is 7.74. The van der Waals surface area contributed by atoms with Gasteiger partial charge in [0, 0.05) is 73.1 Å². The number of carboxylic acid groups (broad SMARTS) is 1. The number of aliphatic carboxylic acids is 1. The van der Waals surface area contributed by atoms with Crippen molar-refractivity contribution in [3.8, 4) is 0 Å². The number of nitrogens with zero attached hydrogens (tertiary/aromatic N) is 1. The number of nitrogens with one attached hydrogen (secondary N) is 5. The summed E-state index contributed by atoms with van der Waals surface area (Å²) in [6.45, 7) is 1.51. The van der Waals surface area contributed by atoms with Gasteiger partial charge in [-0.25, -0.2) is 4.79 Å². The smallest absolute Gasteiger partial charge is 0.548 e. The monoisotopic (exact) mass is 608 g/mol. The minimum Gasteiger partial charge on any atom is -0.548 e. The molecule has 0 unspecified atom stereocenters. The third-order valence-electron chi connectivity index (χ3n) is 7.97. The molecule has 1 saturated heterocycles. The van der Waals surface area contributed by atoms with E-state index in [9.17, 15) is 24.3 Å². The van der Waals surface area contributed by atoms with Crippen LogP contribution in [-0.4, -0.2) is 70.4 Å². The average molecular weight is 609 g/mol. The van der Waals surface area contributed by atoms with Crippen LogP contribution in [0.25, 0.3) is 21.8 Å². The first-order chi connectivity index (χ1) is 20.9. The second kappa shape index (κ2) is 15.8. The number of urea groups is 1. The van der Waals surface area contributed by atoms with Gasteiger partial charge in [-0.3, -0.25) is 9.59 Å². The van der Waals surface area contributed by atoms with Crippen molar-refractivity contribution in [1.82, 2.24) is 30.8 Å². The third-order valence-corrected chi connectivity index (χ3v) is 7.97. The van der Waals surface area contributed by atoms with Gasteiger partial charge in [-0.2, -0.15) is 0 Å². The summed E-state index contributed by atoms with van der Waals surface area (Å²) in [5.41, 5.74) is 3.26. The summed E-state index contributed by atoms with van der Waals surface area (Å²) in [5.74, 6) is -2.49. The molecule has 3 heterocycles. The molecule has 1 aliphatic rings. The van der Waals surface area contributed by atoms with Crippen molar-refractivity contribution in [1.29, 1.82) is 0 Å². The van der Waals surface area contributed by atoms with Crippen LogP contribution in [0.3, 0.4) is 0 Å². The van der Waals surface area contributed by atoms with Crippen LogP contribution in [-0.2, 0) is 27.2 Å². The quantitative estimate of drug-likeness (QED) is 0.140. The van der Waals surface area contributed by atoms with E-state index in [2.05, 4.69) is 25.9 Å². The summed E-state index contributed by atoms with van der Waals surface area (Å²) in [6, 6.07) is 12.5. The molecule has 4 aromatic rings. The van der Waals surface area contributed by atoms with Gasteiger partial charge in [0.1, 0.15) is 6.04 Å². The summed E-state index contributed by atoms with van der Waals surface area (Å²) < 4.78 is 0. The minimum atomic E-state index is -1.42. The van der Waals surface area contributed by atoms with Crippen molar-refractivity contribution in [3.63, 3.8) is 0 Å². The largest absolute Gasteiger partial charge is 1.00 e. The van der Waals surface area contributed by atoms with Crippen molar-refractivity contribution in [2.45, 2.75) is 57.0 Å². The Balaban J connectivity index is 0.00000442. The van der Waals surface area contributed by atoms with Crippen molar-refractivity contribution >= 4 is 45.6 Å². The first-order valence-electron chi connectivity index (χ1n) is 14.8. The van der Waals surface area contributed by atoms with Gasteiger partial charge < -0.3 is 40.7 Å². The van der Waals surface area contributed by atoms with Gasteiger partial charge >= 0.3 is 35.6 Å². The molecule has 226 valence electrons. The first kappa shape index (κ1) is 33.1. The van der Waals surface area contributed by atoms with E-state index in [-0.39, 0.29) is 61.4 Å². The molecular formula is C32H37N6NaO5. The maximum absolute atomic E-state index is 13.6. The van der Waals surface area contributed by atoms with Crippen molar-refractivity contribution in [3.05, 3.63) is 72.1 Å². The fourth-order valence-corrected chi connectivity index (χ4v) is 5.65. The summed E-state index contributed by atoms with van der Waals surface area (Å²) in [7, 11) is 0. The molecule has 0 radical (unpaired) electrons. The maximum Gasteiger partial charge on any atom is 1.00 e.